The van der Waals surface area contributed by atoms with E-state index in [1.807, 2.05) is 35.8 Å². The summed E-state index contributed by atoms with van der Waals surface area (Å²) in [5, 5.41) is 16.8. The lowest BCUT2D eigenvalue weighted by Gasteiger charge is -2.01. The van der Waals surface area contributed by atoms with E-state index in [1.54, 1.807) is 16.9 Å². The molecule has 2 N–H and O–H groups in total. The number of hydrogen-bond donors (Lipinski definition) is 2. The van der Waals surface area contributed by atoms with Gasteiger partial charge < -0.3 is 14.8 Å². The summed E-state index contributed by atoms with van der Waals surface area (Å²) >= 11 is 1.51. The Morgan fingerprint density at radius 1 is 1.28 bits per heavy atom. The zero-order valence-electron chi connectivity index (χ0n) is 15.2. The van der Waals surface area contributed by atoms with Crippen LogP contribution in [0.2, 0.25) is 0 Å². The topological polar surface area (TPSA) is 107 Å². The van der Waals surface area contributed by atoms with E-state index in [4.69, 9.17) is 9.47 Å². The van der Waals surface area contributed by atoms with Crippen molar-refractivity contribution in [3.05, 3.63) is 59.5 Å². The predicted molar refractivity (Wildman–Crippen MR) is 105 cm³/mol. The standard InChI is InChI=1S/C19H16N6O3S/c26-18(20-6-4-13-10-29-19(22-13)25-7-1-5-21-25)15-9-14(23-24-15)12-2-3-16-17(8-12)28-11-27-16/h1-3,5,7-10H,4,6,11H2,(H,20,26)(H,23,24). The van der Waals surface area contributed by atoms with Crippen molar-refractivity contribution in [3.63, 3.8) is 0 Å². The molecule has 29 heavy (non-hydrogen) atoms. The lowest BCUT2D eigenvalue weighted by molar-refractivity contribution is 0.0949. The molecule has 5 rings (SSSR count). The van der Waals surface area contributed by atoms with E-state index in [1.165, 1.54) is 11.3 Å². The lowest BCUT2D eigenvalue weighted by Crippen LogP contribution is -2.26. The molecule has 0 saturated carbocycles. The van der Waals surface area contributed by atoms with Gasteiger partial charge in [-0.15, -0.1) is 11.3 Å². The second-order valence-electron chi connectivity index (χ2n) is 6.31. The molecular weight excluding hydrogens is 392 g/mol. The van der Waals surface area contributed by atoms with Gasteiger partial charge in [0.15, 0.2) is 11.5 Å². The van der Waals surface area contributed by atoms with Gasteiger partial charge in [-0.25, -0.2) is 9.67 Å². The average Bonchev–Trinajstić information content (AvgIpc) is 3.54. The van der Waals surface area contributed by atoms with Crippen molar-refractivity contribution in [1.82, 2.24) is 30.3 Å². The van der Waals surface area contributed by atoms with Gasteiger partial charge in [-0.05, 0) is 30.3 Å². The van der Waals surface area contributed by atoms with Crippen LogP contribution < -0.4 is 14.8 Å². The number of aromatic nitrogens is 5. The molecule has 0 atom stereocenters. The van der Waals surface area contributed by atoms with Crippen molar-refractivity contribution in [2.45, 2.75) is 6.42 Å². The summed E-state index contributed by atoms with van der Waals surface area (Å²) in [7, 11) is 0. The summed E-state index contributed by atoms with van der Waals surface area (Å²) in [5.74, 6) is 1.17. The monoisotopic (exact) mass is 408 g/mol. The molecule has 0 fully saturated rings. The molecule has 10 heteroatoms. The van der Waals surface area contributed by atoms with Crippen molar-refractivity contribution in [2.75, 3.05) is 13.3 Å². The van der Waals surface area contributed by atoms with Crippen LogP contribution in [-0.4, -0.2) is 44.2 Å². The van der Waals surface area contributed by atoms with Gasteiger partial charge >= 0.3 is 0 Å². The molecule has 0 unspecified atom stereocenters. The van der Waals surface area contributed by atoms with Gasteiger partial charge in [0.1, 0.15) is 5.69 Å². The second kappa shape index (κ2) is 7.40. The van der Waals surface area contributed by atoms with Crippen molar-refractivity contribution >= 4 is 17.2 Å². The van der Waals surface area contributed by atoms with Gasteiger partial charge in [-0.3, -0.25) is 9.89 Å². The van der Waals surface area contributed by atoms with E-state index in [2.05, 4.69) is 25.6 Å². The molecule has 4 heterocycles. The highest BCUT2D eigenvalue weighted by Crippen LogP contribution is 2.35. The number of nitrogens with zero attached hydrogens (tertiary/aromatic N) is 4. The molecule has 4 aromatic rings. The number of H-pyrrole nitrogens is 1. The van der Waals surface area contributed by atoms with Crippen LogP contribution in [0.3, 0.4) is 0 Å². The Morgan fingerprint density at radius 3 is 3.10 bits per heavy atom. The summed E-state index contributed by atoms with van der Waals surface area (Å²) in [5.41, 5.74) is 2.81. The van der Waals surface area contributed by atoms with E-state index in [9.17, 15) is 4.79 Å². The Kier molecular flexibility index (Phi) is 4.45. The molecule has 0 aliphatic carbocycles. The van der Waals surface area contributed by atoms with Crippen LogP contribution in [-0.2, 0) is 6.42 Å². The summed E-state index contributed by atoms with van der Waals surface area (Å²) < 4.78 is 12.4. The summed E-state index contributed by atoms with van der Waals surface area (Å²) in [6, 6.07) is 9.12. The Labute approximate surface area is 169 Å². The van der Waals surface area contributed by atoms with E-state index in [0.717, 1.165) is 16.4 Å². The molecule has 0 spiro atoms. The third-order valence-corrected chi connectivity index (χ3v) is 5.28. The third-order valence-electron chi connectivity index (χ3n) is 4.40. The Morgan fingerprint density at radius 2 is 2.21 bits per heavy atom. The number of nitrogens with one attached hydrogen (secondary N) is 2. The number of hydrogen-bond acceptors (Lipinski definition) is 7. The minimum absolute atomic E-state index is 0.216. The molecule has 0 saturated heterocycles. The van der Waals surface area contributed by atoms with Crippen molar-refractivity contribution in [1.29, 1.82) is 0 Å². The highest BCUT2D eigenvalue weighted by Gasteiger charge is 2.16. The SMILES string of the molecule is O=C(NCCc1csc(-n2cccn2)n1)c1cc(-c2ccc3c(c2)OCO3)n[nH]1. The molecule has 1 aliphatic rings. The Balaban J connectivity index is 1.19. The van der Waals surface area contributed by atoms with Gasteiger partial charge in [0.25, 0.3) is 5.91 Å². The fourth-order valence-electron chi connectivity index (χ4n) is 2.94. The van der Waals surface area contributed by atoms with Crippen LogP contribution in [0, 0.1) is 0 Å². The number of benzene rings is 1. The largest absolute Gasteiger partial charge is 0.454 e. The highest BCUT2D eigenvalue weighted by molar-refractivity contribution is 7.12. The minimum Gasteiger partial charge on any atom is -0.454 e. The number of ether oxygens (including phenoxy) is 2. The molecule has 3 aromatic heterocycles. The first-order chi connectivity index (χ1) is 14.3. The molecule has 9 nitrogen and oxygen atoms in total. The first kappa shape index (κ1) is 17.4. The van der Waals surface area contributed by atoms with Crippen LogP contribution in [0.25, 0.3) is 16.4 Å². The first-order valence-corrected chi connectivity index (χ1v) is 9.82. The zero-order chi connectivity index (χ0) is 19.6. The molecule has 1 aromatic carbocycles. The fraction of sp³-hybridized carbons (Fsp3) is 0.158. The van der Waals surface area contributed by atoms with Crippen LogP contribution in [0.5, 0.6) is 11.5 Å². The molecule has 0 bridgehead atoms. The number of carbonyl (C=O) groups excluding carboxylic acids is 1. The van der Waals surface area contributed by atoms with Gasteiger partial charge in [-0.1, -0.05) is 0 Å². The number of thiazole rings is 1. The maximum atomic E-state index is 12.4. The lowest BCUT2D eigenvalue weighted by atomic mass is 10.1. The Bertz CT molecular complexity index is 1150. The molecule has 0 radical (unpaired) electrons. The number of rotatable bonds is 6. The smallest absolute Gasteiger partial charge is 0.269 e. The maximum Gasteiger partial charge on any atom is 0.269 e. The maximum absolute atomic E-state index is 12.4. The Hall–Kier alpha value is -3.66. The summed E-state index contributed by atoms with van der Waals surface area (Å²) in [4.78, 5) is 16.9. The van der Waals surface area contributed by atoms with Crippen LogP contribution in [0.15, 0.2) is 48.1 Å². The van der Waals surface area contributed by atoms with E-state index in [-0.39, 0.29) is 12.7 Å². The normalized spacial score (nSPS) is 12.3. The van der Waals surface area contributed by atoms with Gasteiger partial charge in [-0.2, -0.15) is 10.2 Å². The number of fused-ring (bicyclic) bond motifs is 1. The fourth-order valence-corrected chi connectivity index (χ4v) is 3.74. The van der Waals surface area contributed by atoms with Gasteiger partial charge in [0.05, 0.1) is 11.4 Å². The molecule has 146 valence electrons. The third kappa shape index (κ3) is 3.57. The quantitative estimate of drug-likeness (QED) is 0.507. The van der Waals surface area contributed by atoms with Crippen molar-refractivity contribution in [2.24, 2.45) is 0 Å². The number of amides is 1. The van der Waals surface area contributed by atoms with E-state index in [0.29, 0.717) is 35.9 Å². The zero-order valence-corrected chi connectivity index (χ0v) is 16.0. The summed E-state index contributed by atoms with van der Waals surface area (Å²) in [6.07, 6.45) is 4.19. The molecular formula is C19H16N6O3S. The van der Waals surface area contributed by atoms with Gasteiger partial charge in [0, 0.05) is 36.3 Å². The van der Waals surface area contributed by atoms with Crippen LogP contribution in [0.1, 0.15) is 16.2 Å². The second-order valence-corrected chi connectivity index (χ2v) is 7.15. The van der Waals surface area contributed by atoms with Crippen molar-refractivity contribution < 1.29 is 14.3 Å². The highest BCUT2D eigenvalue weighted by atomic mass is 32.1. The van der Waals surface area contributed by atoms with Gasteiger partial charge in [0.2, 0.25) is 11.9 Å². The molecule has 1 amide bonds. The van der Waals surface area contributed by atoms with Crippen molar-refractivity contribution in [3.8, 4) is 27.9 Å². The average molecular weight is 408 g/mol. The number of carbonyl (C=O) groups is 1. The summed E-state index contributed by atoms with van der Waals surface area (Å²) in [6.45, 7) is 0.689. The molecule has 1 aliphatic heterocycles. The van der Waals surface area contributed by atoms with Crippen LogP contribution >= 0.6 is 11.3 Å². The minimum atomic E-state index is -0.216. The number of aromatic amines is 1. The first-order valence-electron chi connectivity index (χ1n) is 8.94. The van der Waals surface area contributed by atoms with E-state index >= 15 is 0 Å². The predicted octanol–water partition coefficient (Wildman–Crippen LogP) is 2.42. The van der Waals surface area contributed by atoms with E-state index < -0.39 is 0 Å². The van der Waals surface area contributed by atoms with Crippen LogP contribution in [0.4, 0.5) is 0 Å².